The molecule has 2 heterocycles. The molecule has 3 aromatic rings. The topological polar surface area (TPSA) is 27.7 Å². The first kappa shape index (κ1) is 15.2. The van der Waals surface area contributed by atoms with Crippen LogP contribution in [-0.2, 0) is 17.1 Å². The van der Waals surface area contributed by atoms with E-state index < -0.39 is 5.79 Å². The molecule has 0 bridgehead atoms. The number of benzene rings is 3. The third kappa shape index (κ3) is 2.18. The fourth-order valence-corrected chi connectivity index (χ4v) is 3.71. The Bertz CT molecular complexity index is 1000. The van der Waals surface area contributed by atoms with E-state index in [-0.39, 0.29) is 0 Å². The van der Waals surface area contributed by atoms with Crippen LogP contribution >= 0.6 is 0 Å². The van der Waals surface area contributed by atoms with Gasteiger partial charge in [-0.3, -0.25) is 0 Å². The molecular weight excluding hydrogens is 324 g/mol. The summed E-state index contributed by atoms with van der Waals surface area (Å²) in [6, 6.07) is 24.3. The van der Waals surface area contributed by atoms with Gasteiger partial charge in [0.25, 0.3) is 5.79 Å². The lowest BCUT2D eigenvalue weighted by molar-refractivity contribution is -0.160. The van der Waals surface area contributed by atoms with Gasteiger partial charge in [0.15, 0.2) is 0 Å². The van der Waals surface area contributed by atoms with Crippen molar-refractivity contribution in [2.75, 3.05) is 7.11 Å². The predicted octanol–water partition coefficient (Wildman–Crippen LogP) is 5.01. The van der Waals surface area contributed by atoms with Gasteiger partial charge in [-0.2, -0.15) is 0 Å². The molecule has 128 valence electrons. The minimum atomic E-state index is -0.949. The number of fused-ring (bicyclic) bond motifs is 4. The van der Waals surface area contributed by atoms with Crippen molar-refractivity contribution in [3.05, 3.63) is 95.1 Å². The van der Waals surface area contributed by atoms with E-state index in [9.17, 15) is 0 Å². The predicted molar refractivity (Wildman–Crippen MR) is 101 cm³/mol. The maximum Gasteiger partial charge on any atom is 0.265 e. The van der Waals surface area contributed by atoms with E-state index in [1.165, 1.54) is 11.1 Å². The van der Waals surface area contributed by atoms with E-state index in [2.05, 4.69) is 30.3 Å². The molecule has 0 fully saturated rings. The van der Waals surface area contributed by atoms with Crippen molar-refractivity contribution in [2.24, 2.45) is 0 Å². The second-order valence-electron chi connectivity index (χ2n) is 6.49. The van der Waals surface area contributed by atoms with Gasteiger partial charge in [0.1, 0.15) is 11.5 Å². The van der Waals surface area contributed by atoms with Crippen molar-refractivity contribution >= 4 is 11.6 Å². The van der Waals surface area contributed by atoms with Crippen LogP contribution in [0.25, 0.3) is 11.6 Å². The SMILES string of the molecule is COc1ccc([C@@]23OCc4ccccc4C2=Cc2ccccc2O3)cc1. The Balaban J connectivity index is 1.75. The zero-order valence-corrected chi connectivity index (χ0v) is 14.4. The molecule has 0 saturated heterocycles. The van der Waals surface area contributed by atoms with Gasteiger partial charge in [-0.15, -0.1) is 0 Å². The second-order valence-corrected chi connectivity index (χ2v) is 6.49. The lowest BCUT2D eigenvalue weighted by Gasteiger charge is -2.43. The van der Waals surface area contributed by atoms with Crippen molar-refractivity contribution in [2.45, 2.75) is 12.4 Å². The van der Waals surface area contributed by atoms with Gasteiger partial charge in [0, 0.05) is 16.7 Å². The summed E-state index contributed by atoms with van der Waals surface area (Å²) < 4.78 is 18.2. The first-order valence-electron chi connectivity index (χ1n) is 8.67. The van der Waals surface area contributed by atoms with Crippen molar-refractivity contribution in [3.8, 4) is 11.5 Å². The fourth-order valence-electron chi connectivity index (χ4n) is 3.71. The molecule has 2 aliphatic heterocycles. The molecule has 3 nitrogen and oxygen atoms in total. The molecule has 0 aromatic heterocycles. The molecule has 0 saturated carbocycles. The van der Waals surface area contributed by atoms with E-state index in [0.717, 1.165) is 28.2 Å². The Morgan fingerprint density at radius 3 is 2.50 bits per heavy atom. The van der Waals surface area contributed by atoms with Gasteiger partial charge >= 0.3 is 0 Å². The monoisotopic (exact) mass is 342 g/mol. The average molecular weight is 342 g/mol. The first-order valence-corrected chi connectivity index (χ1v) is 8.67. The van der Waals surface area contributed by atoms with E-state index in [1.54, 1.807) is 7.11 Å². The molecular formula is C23H18O3. The summed E-state index contributed by atoms with van der Waals surface area (Å²) in [6.07, 6.45) is 2.18. The number of ether oxygens (including phenoxy) is 3. The molecule has 1 atom stereocenters. The Morgan fingerprint density at radius 1 is 0.885 bits per heavy atom. The largest absolute Gasteiger partial charge is 0.497 e. The molecule has 0 unspecified atom stereocenters. The highest BCUT2D eigenvalue weighted by atomic mass is 16.7. The van der Waals surface area contributed by atoms with Crippen molar-refractivity contribution in [1.82, 2.24) is 0 Å². The minimum Gasteiger partial charge on any atom is -0.497 e. The Kier molecular flexibility index (Phi) is 3.37. The molecule has 0 aliphatic carbocycles. The number of methoxy groups -OCH3 is 1. The number of hydrogen-bond donors (Lipinski definition) is 0. The maximum absolute atomic E-state index is 6.51. The van der Waals surface area contributed by atoms with E-state index in [1.807, 2.05) is 48.5 Å². The van der Waals surface area contributed by atoms with Crippen molar-refractivity contribution < 1.29 is 14.2 Å². The molecule has 3 heteroatoms. The summed E-state index contributed by atoms with van der Waals surface area (Å²) >= 11 is 0. The molecule has 26 heavy (non-hydrogen) atoms. The highest BCUT2D eigenvalue weighted by Crippen LogP contribution is 2.51. The van der Waals surface area contributed by atoms with Gasteiger partial charge in [0.05, 0.1) is 13.7 Å². The smallest absolute Gasteiger partial charge is 0.265 e. The normalized spacial score (nSPS) is 20.1. The number of para-hydroxylation sites is 1. The van der Waals surface area contributed by atoms with Crippen molar-refractivity contribution in [3.63, 3.8) is 0 Å². The Hall–Kier alpha value is -3.04. The van der Waals surface area contributed by atoms with Crippen molar-refractivity contribution in [1.29, 1.82) is 0 Å². The van der Waals surface area contributed by atoms with Crippen LogP contribution < -0.4 is 9.47 Å². The summed E-state index contributed by atoms with van der Waals surface area (Å²) in [5.41, 5.74) is 5.39. The third-order valence-electron chi connectivity index (χ3n) is 5.04. The zero-order chi connectivity index (χ0) is 17.6. The van der Waals surface area contributed by atoms with Gasteiger partial charge in [-0.25, -0.2) is 0 Å². The standard InChI is InChI=1S/C23H18O3/c1-24-19-12-10-18(11-13-19)23-21(14-16-6-3-5-9-22(16)26-23)20-8-4-2-7-17(20)15-25-23/h2-14H,15H2,1H3/t23-/m0/s1. The Labute approximate surface area is 152 Å². The van der Waals surface area contributed by atoms with Crippen LogP contribution in [0.5, 0.6) is 11.5 Å². The van der Waals surface area contributed by atoms with Crippen LogP contribution in [0, 0.1) is 0 Å². The average Bonchev–Trinajstić information content (AvgIpc) is 2.72. The molecule has 0 amide bonds. The highest BCUT2D eigenvalue weighted by Gasteiger charge is 2.46. The lowest BCUT2D eigenvalue weighted by Crippen LogP contribution is -2.42. The summed E-state index contributed by atoms with van der Waals surface area (Å²) in [5.74, 6) is 0.684. The van der Waals surface area contributed by atoms with Gasteiger partial charge in [-0.1, -0.05) is 42.5 Å². The summed E-state index contributed by atoms with van der Waals surface area (Å²) in [4.78, 5) is 0. The molecule has 0 radical (unpaired) electrons. The molecule has 5 rings (SSSR count). The third-order valence-corrected chi connectivity index (χ3v) is 5.04. The number of rotatable bonds is 2. The van der Waals surface area contributed by atoms with E-state index >= 15 is 0 Å². The quantitative estimate of drug-likeness (QED) is 0.655. The molecule has 0 N–H and O–H groups in total. The minimum absolute atomic E-state index is 0.502. The van der Waals surface area contributed by atoms with Crippen LogP contribution in [-0.4, -0.2) is 7.11 Å². The summed E-state index contributed by atoms with van der Waals surface area (Å²) in [6.45, 7) is 0.502. The Morgan fingerprint density at radius 2 is 1.65 bits per heavy atom. The fraction of sp³-hybridized carbons (Fsp3) is 0.130. The van der Waals surface area contributed by atoms with Crippen LogP contribution in [0.1, 0.15) is 22.3 Å². The van der Waals surface area contributed by atoms with Gasteiger partial charge in [0.2, 0.25) is 0 Å². The summed E-state index contributed by atoms with van der Waals surface area (Å²) in [7, 11) is 1.67. The molecule has 0 spiro atoms. The van der Waals surface area contributed by atoms with Crippen LogP contribution in [0.2, 0.25) is 0 Å². The second kappa shape index (κ2) is 5.75. The molecule has 3 aromatic carbocycles. The lowest BCUT2D eigenvalue weighted by atomic mass is 9.84. The van der Waals surface area contributed by atoms with Gasteiger partial charge in [-0.05, 0) is 47.5 Å². The highest BCUT2D eigenvalue weighted by molar-refractivity contribution is 5.91. The zero-order valence-electron chi connectivity index (χ0n) is 14.4. The van der Waals surface area contributed by atoms with Crippen LogP contribution in [0.15, 0.2) is 72.8 Å². The number of hydrogen-bond acceptors (Lipinski definition) is 3. The van der Waals surface area contributed by atoms with Gasteiger partial charge < -0.3 is 14.2 Å². The van der Waals surface area contributed by atoms with Crippen LogP contribution in [0.4, 0.5) is 0 Å². The van der Waals surface area contributed by atoms with E-state index in [4.69, 9.17) is 14.2 Å². The maximum atomic E-state index is 6.51. The van der Waals surface area contributed by atoms with Crippen LogP contribution in [0.3, 0.4) is 0 Å². The summed E-state index contributed by atoms with van der Waals surface area (Å²) in [5, 5.41) is 0. The molecule has 2 aliphatic rings. The first-order chi connectivity index (χ1) is 12.8. The van der Waals surface area contributed by atoms with E-state index in [0.29, 0.717) is 6.61 Å².